The van der Waals surface area contributed by atoms with E-state index in [2.05, 4.69) is 10.3 Å². The molecule has 1 fully saturated rings. The Hall–Kier alpha value is -2.64. The second kappa shape index (κ2) is 8.16. The lowest BCUT2D eigenvalue weighted by Gasteiger charge is -2.17. The molecule has 0 spiro atoms. The number of carbonyl (C=O) groups excluding carboxylic acids is 2. The van der Waals surface area contributed by atoms with Crippen LogP contribution in [0.5, 0.6) is 5.88 Å². The monoisotopic (exact) mass is 375 g/mol. The number of rotatable bonds is 6. The maximum absolute atomic E-state index is 12.5. The van der Waals surface area contributed by atoms with Crippen molar-refractivity contribution in [3.63, 3.8) is 0 Å². The minimum atomic E-state index is -0.451. The van der Waals surface area contributed by atoms with E-state index in [0.29, 0.717) is 23.1 Å². The van der Waals surface area contributed by atoms with Crippen LogP contribution in [0.15, 0.2) is 42.6 Å². The minimum absolute atomic E-state index is 0.103. The molecule has 0 radical (unpaired) electrons. The van der Waals surface area contributed by atoms with Crippen LogP contribution in [0.4, 0.5) is 11.4 Å². The summed E-state index contributed by atoms with van der Waals surface area (Å²) in [4.78, 5) is 30.3. The number of aliphatic hydroxyl groups excluding tert-OH is 1. The Morgan fingerprint density at radius 3 is 2.85 bits per heavy atom. The summed E-state index contributed by atoms with van der Waals surface area (Å²) in [5, 5.41) is 12.1. The van der Waals surface area contributed by atoms with E-state index in [9.17, 15) is 9.59 Å². The number of hydrogen-bond acceptors (Lipinski definition) is 5. The largest absolute Gasteiger partial charge is 0.475 e. The van der Waals surface area contributed by atoms with E-state index in [1.807, 2.05) is 0 Å². The molecule has 3 rings (SSSR count). The van der Waals surface area contributed by atoms with Crippen LogP contribution in [0.3, 0.4) is 0 Å². The summed E-state index contributed by atoms with van der Waals surface area (Å²) in [6.07, 6.45) is 1.65. The topological polar surface area (TPSA) is 91.8 Å². The first-order valence-electron chi connectivity index (χ1n) is 8.13. The predicted octanol–water partition coefficient (Wildman–Crippen LogP) is 2.10. The van der Waals surface area contributed by atoms with Gasteiger partial charge in [0, 0.05) is 41.6 Å². The zero-order chi connectivity index (χ0) is 18.5. The fourth-order valence-electron chi connectivity index (χ4n) is 2.71. The highest BCUT2D eigenvalue weighted by Gasteiger charge is 2.35. The van der Waals surface area contributed by atoms with Gasteiger partial charge in [-0.15, -0.1) is 0 Å². The molecule has 1 atom stereocenters. The van der Waals surface area contributed by atoms with Gasteiger partial charge >= 0.3 is 0 Å². The zero-order valence-corrected chi connectivity index (χ0v) is 14.6. The highest BCUT2D eigenvalue weighted by molar-refractivity contribution is 6.30. The summed E-state index contributed by atoms with van der Waals surface area (Å²) in [6.45, 7) is 0.311. The van der Waals surface area contributed by atoms with E-state index in [4.69, 9.17) is 21.4 Å². The smallest absolute Gasteiger partial charge is 0.229 e. The molecule has 2 aromatic rings. The quantitative estimate of drug-likeness (QED) is 0.806. The van der Waals surface area contributed by atoms with Crippen molar-refractivity contribution in [3.8, 4) is 5.88 Å². The maximum atomic E-state index is 12.5. The van der Waals surface area contributed by atoms with Crippen molar-refractivity contribution >= 4 is 34.8 Å². The Kier molecular flexibility index (Phi) is 5.70. The van der Waals surface area contributed by atoms with Gasteiger partial charge in [-0.05, 0) is 30.3 Å². The van der Waals surface area contributed by atoms with E-state index >= 15 is 0 Å². The normalized spacial score (nSPS) is 16.6. The van der Waals surface area contributed by atoms with Gasteiger partial charge in [0.1, 0.15) is 6.61 Å². The molecule has 26 heavy (non-hydrogen) atoms. The van der Waals surface area contributed by atoms with Gasteiger partial charge in [0.05, 0.1) is 12.5 Å². The Bertz CT molecular complexity index is 797. The van der Waals surface area contributed by atoms with E-state index in [0.717, 1.165) is 5.69 Å². The van der Waals surface area contributed by atoms with Crippen molar-refractivity contribution in [2.24, 2.45) is 5.92 Å². The molecule has 1 unspecified atom stereocenters. The molecule has 2 N–H and O–H groups in total. The molecule has 8 heteroatoms. The van der Waals surface area contributed by atoms with E-state index in [1.54, 1.807) is 41.3 Å². The van der Waals surface area contributed by atoms with Crippen LogP contribution in [0.1, 0.15) is 6.42 Å². The second-order valence-corrected chi connectivity index (χ2v) is 6.26. The number of hydrogen-bond donors (Lipinski definition) is 2. The lowest BCUT2D eigenvalue weighted by Crippen LogP contribution is -2.28. The summed E-state index contributed by atoms with van der Waals surface area (Å²) in [7, 11) is 0. The van der Waals surface area contributed by atoms with Gasteiger partial charge in [-0.2, -0.15) is 0 Å². The van der Waals surface area contributed by atoms with Crippen molar-refractivity contribution < 1.29 is 19.4 Å². The number of pyridine rings is 1. The van der Waals surface area contributed by atoms with E-state index in [-0.39, 0.29) is 31.4 Å². The van der Waals surface area contributed by atoms with Crippen LogP contribution in [-0.2, 0) is 9.59 Å². The zero-order valence-electron chi connectivity index (χ0n) is 13.9. The molecule has 1 saturated heterocycles. The highest BCUT2D eigenvalue weighted by atomic mass is 35.5. The number of aromatic nitrogens is 1. The maximum Gasteiger partial charge on any atom is 0.229 e. The summed E-state index contributed by atoms with van der Waals surface area (Å²) < 4.78 is 5.22. The average Bonchev–Trinajstić information content (AvgIpc) is 3.03. The van der Waals surface area contributed by atoms with Crippen molar-refractivity contribution in [1.82, 2.24) is 4.98 Å². The van der Waals surface area contributed by atoms with Gasteiger partial charge in [0.25, 0.3) is 0 Å². The first kappa shape index (κ1) is 18.2. The summed E-state index contributed by atoms with van der Waals surface area (Å²) in [6, 6.07) is 10.1. The predicted molar refractivity (Wildman–Crippen MR) is 97.4 cm³/mol. The van der Waals surface area contributed by atoms with Crippen LogP contribution in [-0.4, -0.2) is 41.7 Å². The molecular formula is C18H18ClN3O4. The van der Waals surface area contributed by atoms with Gasteiger partial charge in [-0.1, -0.05) is 11.6 Å². The molecule has 1 aliphatic rings. The number of amides is 2. The van der Waals surface area contributed by atoms with E-state index < -0.39 is 5.92 Å². The molecular weight excluding hydrogens is 358 g/mol. The fourth-order valence-corrected chi connectivity index (χ4v) is 2.84. The molecule has 0 saturated carbocycles. The van der Waals surface area contributed by atoms with Gasteiger partial charge in [-0.3, -0.25) is 9.59 Å². The molecule has 1 aromatic carbocycles. The summed E-state index contributed by atoms with van der Waals surface area (Å²) in [5.74, 6) is -0.487. The van der Waals surface area contributed by atoms with Crippen molar-refractivity contribution in [2.45, 2.75) is 6.42 Å². The van der Waals surface area contributed by atoms with Crippen LogP contribution in [0.2, 0.25) is 5.02 Å². The van der Waals surface area contributed by atoms with Crippen molar-refractivity contribution in [3.05, 3.63) is 47.6 Å². The van der Waals surface area contributed by atoms with Gasteiger partial charge in [0.2, 0.25) is 17.7 Å². The number of anilines is 2. The van der Waals surface area contributed by atoms with Crippen molar-refractivity contribution in [2.75, 3.05) is 30.0 Å². The average molecular weight is 376 g/mol. The number of nitrogens with zero attached hydrogens (tertiary/aromatic N) is 2. The van der Waals surface area contributed by atoms with E-state index in [1.165, 1.54) is 6.20 Å². The van der Waals surface area contributed by atoms with Gasteiger partial charge in [0.15, 0.2) is 0 Å². The number of halogens is 1. The molecule has 7 nitrogen and oxygen atoms in total. The summed E-state index contributed by atoms with van der Waals surface area (Å²) >= 11 is 5.87. The molecule has 1 aromatic heterocycles. The first-order chi connectivity index (χ1) is 12.6. The number of nitrogens with one attached hydrogen (secondary N) is 1. The third-order valence-electron chi connectivity index (χ3n) is 3.98. The number of benzene rings is 1. The van der Waals surface area contributed by atoms with Crippen LogP contribution >= 0.6 is 11.6 Å². The SMILES string of the molecule is O=C(Nc1ccnc(OCCO)c1)C1CC(=O)N(c2ccc(Cl)cc2)C1. The molecule has 0 aliphatic carbocycles. The van der Waals surface area contributed by atoms with Crippen LogP contribution in [0, 0.1) is 5.92 Å². The Morgan fingerprint density at radius 1 is 1.35 bits per heavy atom. The molecule has 2 amide bonds. The lowest BCUT2D eigenvalue weighted by molar-refractivity contribution is -0.122. The molecule has 136 valence electrons. The van der Waals surface area contributed by atoms with Crippen LogP contribution in [0.25, 0.3) is 0 Å². The standard InChI is InChI=1S/C18H18ClN3O4/c19-13-1-3-15(4-2-13)22-11-12(9-17(22)24)18(25)21-14-5-6-20-16(10-14)26-8-7-23/h1-6,10,12,23H,7-9,11H2,(H,20,21,25). The van der Waals surface area contributed by atoms with Gasteiger partial charge < -0.3 is 20.1 Å². The molecule has 2 heterocycles. The summed E-state index contributed by atoms with van der Waals surface area (Å²) in [5.41, 5.74) is 1.24. The first-order valence-corrected chi connectivity index (χ1v) is 8.51. The second-order valence-electron chi connectivity index (χ2n) is 5.83. The van der Waals surface area contributed by atoms with Gasteiger partial charge in [-0.25, -0.2) is 4.98 Å². The number of ether oxygens (including phenoxy) is 1. The Balaban J connectivity index is 1.64. The number of carbonyl (C=O) groups is 2. The molecule has 0 bridgehead atoms. The third-order valence-corrected chi connectivity index (χ3v) is 4.23. The van der Waals surface area contributed by atoms with Crippen molar-refractivity contribution in [1.29, 1.82) is 0 Å². The highest BCUT2D eigenvalue weighted by Crippen LogP contribution is 2.27. The Labute approximate surface area is 155 Å². The number of aliphatic hydroxyl groups is 1. The lowest BCUT2D eigenvalue weighted by atomic mass is 10.1. The Morgan fingerprint density at radius 2 is 2.12 bits per heavy atom. The van der Waals surface area contributed by atoms with Crippen LogP contribution < -0.4 is 15.0 Å². The fraction of sp³-hybridized carbons (Fsp3) is 0.278. The molecule has 1 aliphatic heterocycles. The minimum Gasteiger partial charge on any atom is -0.475 e. The third kappa shape index (κ3) is 4.30.